The summed E-state index contributed by atoms with van der Waals surface area (Å²) >= 11 is 0. The Kier molecular flexibility index (Phi) is 31.2. The molecule has 0 aromatic carbocycles. The molecule has 0 aromatic heterocycles. The van der Waals surface area contributed by atoms with Crippen molar-refractivity contribution in [1.29, 1.82) is 0 Å². The molecule has 8 heteroatoms. The number of ether oxygens (including phenoxy) is 1. The Bertz CT molecular complexity index is 1080. The summed E-state index contributed by atoms with van der Waals surface area (Å²) < 4.78 is 5.64. The zero-order chi connectivity index (χ0) is 38.6. The molecule has 0 spiro atoms. The number of carboxylic acids is 1. The highest BCUT2D eigenvalue weighted by Gasteiger charge is 2.40. The highest BCUT2D eigenvalue weighted by molar-refractivity contribution is 5.86. The van der Waals surface area contributed by atoms with Gasteiger partial charge in [-0.05, 0) is 77.0 Å². The van der Waals surface area contributed by atoms with Crippen molar-refractivity contribution in [1.82, 2.24) is 10.2 Å². The molecule has 1 aliphatic heterocycles. The van der Waals surface area contributed by atoms with Gasteiger partial charge in [0.15, 0.2) is 0 Å². The average Bonchev–Trinajstić information content (AvgIpc) is 3.57. The zero-order valence-electron chi connectivity index (χ0n) is 33.7. The second-order valence-corrected chi connectivity index (χ2v) is 14.7. The number of carbonyl (C=O) groups is 4. The first-order valence-electron chi connectivity index (χ1n) is 21.5. The molecule has 1 saturated heterocycles. The molecule has 0 aliphatic carbocycles. The largest absolute Gasteiger partial charge is 0.481 e. The van der Waals surface area contributed by atoms with Gasteiger partial charge in [0.05, 0.1) is 13.0 Å². The number of nitrogens with zero attached hydrogens (tertiary/aromatic N) is 1. The smallest absolute Gasteiger partial charge is 0.328 e. The molecule has 1 rings (SSSR count). The van der Waals surface area contributed by atoms with Gasteiger partial charge in [-0.2, -0.15) is 0 Å². The van der Waals surface area contributed by atoms with Crippen LogP contribution in [0.15, 0.2) is 48.6 Å². The standard InChI is InChI=1S/C45H76N2O6/c1-3-5-7-9-11-13-15-17-19-21-23-25-27-29-31-33-37-53-45(52)41-38-40(46-42(48)35-36-44(50)51)39-47(41)43(49)34-32-30-28-26-24-22-20-18-16-14-12-10-8-6-4-2/h11-14,17-20,40-41H,3-10,15-16,21-39H2,1-2H3,(H,46,48)(H,50,51)/b13-11-,14-12-,19-17-,20-18-/t40-,41+/m1/s1. The van der Waals surface area contributed by atoms with E-state index in [1.165, 1.54) is 70.6 Å². The Hall–Kier alpha value is -3.16. The SMILES string of the molecule is CCCCC/C=C\C/C=C\CCCCCCCCOC(=O)[C@@H]1C[C@@H](NC(=O)CCC(=O)O)CN1C(=O)CCCCCCC/C=C\C/C=C\CCCCC. The van der Waals surface area contributed by atoms with E-state index in [1.807, 2.05) is 0 Å². The highest BCUT2D eigenvalue weighted by atomic mass is 16.5. The molecule has 53 heavy (non-hydrogen) atoms. The van der Waals surface area contributed by atoms with Gasteiger partial charge in [-0.1, -0.05) is 133 Å². The number of aliphatic carboxylic acids is 1. The van der Waals surface area contributed by atoms with E-state index in [1.54, 1.807) is 4.90 Å². The summed E-state index contributed by atoms with van der Waals surface area (Å²) in [5, 5.41) is 11.8. The number of carbonyl (C=O) groups excluding carboxylic acids is 3. The number of unbranched alkanes of at least 4 members (excludes halogenated alkanes) is 17. The molecule has 1 fully saturated rings. The van der Waals surface area contributed by atoms with Crippen LogP contribution in [0.5, 0.6) is 0 Å². The second kappa shape index (κ2) is 34.6. The molecule has 1 aliphatic rings. The molecule has 0 radical (unpaired) electrons. The van der Waals surface area contributed by atoms with Gasteiger partial charge in [-0.25, -0.2) is 4.79 Å². The maximum atomic E-state index is 13.3. The minimum atomic E-state index is -1.04. The molecule has 302 valence electrons. The van der Waals surface area contributed by atoms with Gasteiger partial charge >= 0.3 is 11.9 Å². The second-order valence-electron chi connectivity index (χ2n) is 14.7. The number of likely N-dealkylation sites (tertiary alicyclic amines) is 1. The molecule has 0 aromatic rings. The van der Waals surface area contributed by atoms with Crippen molar-refractivity contribution in [3.63, 3.8) is 0 Å². The third-order valence-electron chi connectivity index (χ3n) is 9.76. The fraction of sp³-hybridized carbons (Fsp3) is 0.733. The first kappa shape index (κ1) is 47.9. The molecule has 2 amide bonds. The number of amides is 2. The third-order valence-corrected chi connectivity index (χ3v) is 9.76. The Balaban J connectivity index is 2.33. The van der Waals surface area contributed by atoms with E-state index in [0.717, 1.165) is 77.0 Å². The van der Waals surface area contributed by atoms with Crippen LogP contribution >= 0.6 is 0 Å². The fourth-order valence-corrected chi connectivity index (χ4v) is 6.55. The lowest BCUT2D eigenvalue weighted by atomic mass is 10.1. The number of carboxylic acid groups (broad SMARTS) is 1. The third kappa shape index (κ3) is 28.0. The number of nitrogens with one attached hydrogen (secondary N) is 1. The van der Waals surface area contributed by atoms with Gasteiger partial charge in [-0.15, -0.1) is 0 Å². The Morgan fingerprint density at radius 2 is 1.08 bits per heavy atom. The quantitative estimate of drug-likeness (QED) is 0.0386. The van der Waals surface area contributed by atoms with Crippen LogP contribution in [0, 0.1) is 0 Å². The fourth-order valence-electron chi connectivity index (χ4n) is 6.55. The van der Waals surface area contributed by atoms with Gasteiger partial charge in [0.1, 0.15) is 6.04 Å². The van der Waals surface area contributed by atoms with E-state index in [2.05, 4.69) is 67.8 Å². The summed E-state index contributed by atoms with van der Waals surface area (Å²) in [5.74, 6) is -1.92. The summed E-state index contributed by atoms with van der Waals surface area (Å²) in [5.41, 5.74) is 0. The topological polar surface area (TPSA) is 113 Å². The lowest BCUT2D eigenvalue weighted by molar-refractivity contribution is -0.153. The van der Waals surface area contributed by atoms with Crippen LogP contribution in [0.4, 0.5) is 0 Å². The highest BCUT2D eigenvalue weighted by Crippen LogP contribution is 2.22. The number of allylic oxidation sites excluding steroid dienone is 8. The van der Waals surface area contributed by atoms with E-state index in [9.17, 15) is 19.2 Å². The van der Waals surface area contributed by atoms with Crippen LogP contribution in [0.25, 0.3) is 0 Å². The van der Waals surface area contributed by atoms with Crippen molar-refractivity contribution in [3.8, 4) is 0 Å². The summed E-state index contributed by atoms with van der Waals surface area (Å²) in [6, 6.07) is -1.13. The van der Waals surface area contributed by atoms with Crippen molar-refractivity contribution in [3.05, 3.63) is 48.6 Å². The van der Waals surface area contributed by atoms with Crippen LogP contribution in [-0.2, 0) is 23.9 Å². The van der Waals surface area contributed by atoms with E-state index in [-0.39, 0.29) is 37.6 Å². The van der Waals surface area contributed by atoms with Crippen molar-refractivity contribution in [2.75, 3.05) is 13.2 Å². The lowest BCUT2D eigenvalue weighted by Gasteiger charge is -2.23. The van der Waals surface area contributed by atoms with Crippen LogP contribution in [0.1, 0.15) is 187 Å². The van der Waals surface area contributed by atoms with E-state index in [4.69, 9.17) is 9.84 Å². The maximum absolute atomic E-state index is 13.3. The van der Waals surface area contributed by atoms with Crippen LogP contribution < -0.4 is 5.32 Å². The summed E-state index contributed by atoms with van der Waals surface area (Å²) in [7, 11) is 0. The predicted molar refractivity (Wildman–Crippen MR) is 219 cm³/mol. The van der Waals surface area contributed by atoms with Crippen molar-refractivity contribution in [2.45, 2.75) is 199 Å². The van der Waals surface area contributed by atoms with Crippen molar-refractivity contribution < 1.29 is 29.0 Å². The molecular weight excluding hydrogens is 665 g/mol. The molecule has 8 nitrogen and oxygen atoms in total. The minimum Gasteiger partial charge on any atom is -0.481 e. The number of esters is 1. The van der Waals surface area contributed by atoms with Crippen LogP contribution in [0.2, 0.25) is 0 Å². The van der Waals surface area contributed by atoms with Crippen LogP contribution in [0.3, 0.4) is 0 Å². The summed E-state index contributed by atoms with van der Waals surface area (Å²) in [6.45, 7) is 5.02. The lowest BCUT2D eigenvalue weighted by Crippen LogP contribution is -2.42. The van der Waals surface area contributed by atoms with Crippen molar-refractivity contribution >= 4 is 23.8 Å². The van der Waals surface area contributed by atoms with E-state index in [0.29, 0.717) is 13.0 Å². The first-order chi connectivity index (χ1) is 25.9. The predicted octanol–water partition coefficient (Wildman–Crippen LogP) is 11.1. The van der Waals surface area contributed by atoms with E-state index < -0.39 is 24.0 Å². The number of rotatable bonds is 34. The van der Waals surface area contributed by atoms with Gasteiger partial charge < -0.3 is 20.1 Å². The Morgan fingerprint density at radius 3 is 1.58 bits per heavy atom. The molecule has 2 atom stereocenters. The molecule has 2 N–H and O–H groups in total. The van der Waals surface area contributed by atoms with Gasteiger partial charge in [0, 0.05) is 31.8 Å². The Morgan fingerprint density at radius 1 is 0.604 bits per heavy atom. The first-order valence-corrected chi connectivity index (χ1v) is 21.5. The minimum absolute atomic E-state index is 0.0892. The van der Waals surface area contributed by atoms with E-state index >= 15 is 0 Å². The maximum Gasteiger partial charge on any atom is 0.328 e. The van der Waals surface area contributed by atoms with Gasteiger partial charge in [-0.3, -0.25) is 14.4 Å². The Labute approximate surface area is 323 Å². The van der Waals surface area contributed by atoms with Crippen molar-refractivity contribution in [2.24, 2.45) is 0 Å². The number of hydrogen-bond acceptors (Lipinski definition) is 5. The molecule has 1 heterocycles. The van der Waals surface area contributed by atoms with Gasteiger partial charge in [0.2, 0.25) is 11.8 Å². The molecule has 0 unspecified atom stereocenters. The zero-order valence-corrected chi connectivity index (χ0v) is 33.7. The molecular formula is C45H76N2O6. The average molecular weight is 741 g/mol. The monoisotopic (exact) mass is 741 g/mol. The van der Waals surface area contributed by atoms with Gasteiger partial charge in [0.25, 0.3) is 0 Å². The van der Waals surface area contributed by atoms with Crippen LogP contribution in [-0.4, -0.2) is 59.0 Å². The molecule has 0 bridgehead atoms. The molecule has 0 saturated carbocycles. The number of hydrogen-bond donors (Lipinski definition) is 2. The normalized spacial score (nSPS) is 16.2. The summed E-state index contributed by atoms with van der Waals surface area (Å²) in [6.07, 6.45) is 44.2. The summed E-state index contributed by atoms with van der Waals surface area (Å²) in [4.78, 5) is 51.2.